The number of unbranched alkanes of at least 4 members (excludes halogenated alkanes) is 3. The van der Waals surface area contributed by atoms with Gasteiger partial charge in [0, 0.05) is 11.8 Å². The van der Waals surface area contributed by atoms with Crippen molar-refractivity contribution in [3.63, 3.8) is 0 Å². The van der Waals surface area contributed by atoms with Gasteiger partial charge in [0.1, 0.15) is 0 Å². The van der Waals surface area contributed by atoms with E-state index >= 15 is 0 Å². The van der Waals surface area contributed by atoms with Gasteiger partial charge >= 0.3 is 0 Å². The van der Waals surface area contributed by atoms with Crippen molar-refractivity contribution < 1.29 is 0 Å². The molecule has 1 fully saturated rings. The summed E-state index contributed by atoms with van der Waals surface area (Å²) in [4.78, 5) is 4.72. The van der Waals surface area contributed by atoms with Gasteiger partial charge in [0.25, 0.3) is 0 Å². The molecule has 2 aromatic rings. The third kappa shape index (κ3) is 6.42. The fourth-order valence-electron chi connectivity index (χ4n) is 5.10. The third-order valence-corrected chi connectivity index (χ3v) is 7.44. The van der Waals surface area contributed by atoms with E-state index in [0.717, 1.165) is 44.2 Å². The molecule has 31 heavy (non-hydrogen) atoms. The Bertz CT molecular complexity index is 821. The number of rotatable bonds is 10. The average molecular weight is 417 g/mol. The van der Waals surface area contributed by atoms with Crippen LogP contribution in [-0.4, -0.2) is 4.98 Å². The quantitative estimate of drug-likeness (QED) is 0.364. The predicted molar refractivity (Wildman–Crippen MR) is 131 cm³/mol. The van der Waals surface area contributed by atoms with Crippen LogP contribution in [0.15, 0.2) is 42.6 Å². The van der Waals surface area contributed by atoms with E-state index in [1.807, 2.05) is 0 Å². The molecule has 1 heterocycles. The van der Waals surface area contributed by atoms with Crippen LogP contribution in [0.1, 0.15) is 102 Å². The van der Waals surface area contributed by atoms with E-state index in [1.54, 1.807) is 0 Å². The van der Waals surface area contributed by atoms with Crippen molar-refractivity contribution in [3.8, 4) is 17.3 Å². The molecule has 1 aromatic heterocycles. The van der Waals surface area contributed by atoms with Crippen LogP contribution in [0.2, 0.25) is 0 Å². The van der Waals surface area contributed by atoms with Crippen LogP contribution in [0.25, 0.3) is 11.3 Å². The van der Waals surface area contributed by atoms with E-state index in [2.05, 4.69) is 69.4 Å². The van der Waals surface area contributed by atoms with Crippen molar-refractivity contribution >= 4 is 0 Å². The Morgan fingerprint density at radius 1 is 1.03 bits per heavy atom. The lowest BCUT2D eigenvalue weighted by Gasteiger charge is -2.36. The van der Waals surface area contributed by atoms with E-state index in [9.17, 15) is 5.26 Å². The van der Waals surface area contributed by atoms with Crippen molar-refractivity contribution in [2.45, 2.75) is 97.3 Å². The molecule has 2 nitrogen and oxygen atoms in total. The molecular formula is C29H40N2. The second-order valence-corrected chi connectivity index (χ2v) is 9.87. The standard InChI is InChI=1S/C29H40N2/c1-4-6-7-8-9-24-10-15-28(31-21-24)27-13-11-25(12-14-27)26-16-18-29(22-30,19-17-26)20-23(3)5-2/h10-15,21,23,26H,4-9,16-20H2,1-3H3/t23?,26-,29+. The number of benzene rings is 1. The first kappa shape index (κ1) is 23.5. The number of aromatic nitrogens is 1. The van der Waals surface area contributed by atoms with Gasteiger partial charge in [-0.3, -0.25) is 4.98 Å². The summed E-state index contributed by atoms with van der Waals surface area (Å²) in [6.07, 6.45) is 15.0. The van der Waals surface area contributed by atoms with Gasteiger partial charge in [-0.15, -0.1) is 0 Å². The fraction of sp³-hybridized carbons (Fsp3) is 0.586. The van der Waals surface area contributed by atoms with Crippen LogP contribution in [0.4, 0.5) is 0 Å². The number of hydrogen-bond acceptors (Lipinski definition) is 2. The van der Waals surface area contributed by atoms with Crippen LogP contribution in [0, 0.1) is 22.7 Å². The number of nitrogens with zero attached hydrogens (tertiary/aromatic N) is 2. The fourth-order valence-corrected chi connectivity index (χ4v) is 5.10. The Balaban J connectivity index is 1.56. The van der Waals surface area contributed by atoms with E-state index in [4.69, 9.17) is 4.98 Å². The highest BCUT2D eigenvalue weighted by atomic mass is 14.7. The topological polar surface area (TPSA) is 36.7 Å². The maximum Gasteiger partial charge on any atom is 0.0702 e. The molecule has 166 valence electrons. The van der Waals surface area contributed by atoms with E-state index < -0.39 is 0 Å². The summed E-state index contributed by atoms with van der Waals surface area (Å²) in [7, 11) is 0. The molecule has 1 aliphatic rings. The highest BCUT2D eigenvalue weighted by molar-refractivity contribution is 5.59. The molecular weight excluding hydrogens is 376 g/mol. The molecule has 0 spiro atoms. The normalized spacial score (nSPS) is 22.1. The summed E-state index contributed by atoms with van der Waals surface area (Å²) in [5, 5.41) is 9.84. The summed E-state index contributed by atoms with van der Waals surface area (Å²) in [5.74, 6) is 1.23. The smallest absolute Gasteiger partial charge is 0.0702 e. The third-order valence-electron chi connectivity index (χ3n) is 7.44. The Labute approximate surface area is 190 Å². The van der Waals surface area contributed by atoms with E-state index in [1.165, 1.54) is 48.8 Å². The molecule has 0 radical (unpaired) electrons. The van der Waals surface area contributed by atoms with Gasteiger partial charge in [0.2, 0.25) is 0 Å². The minimum absolute atomic E-state index is 0.0892. The molecule has 1 saturated carbocycles. The minimum atomic E-state index is -0.0892. The molecule has 1 aliphatic carbocycles. The summed E-state index contributed by atoms with van der Waals surface area (Å²) in [6, 6.07) is 16.1. The van der Waals surface area contributed by atoms with Gasteiger partial charge < -0.3 is 0 Å². The molecule has 0 N–H and O–H groups in total. The molecule has 0 amide bonds. The lowest BCUT2D eigenvalue weighted by atomic mass is 9.66. The van der Waals surface area contributed by atoms with Crippen LogP contribution >= 0.6 is 0 Å². The second kappa shape index (κ2) is 11.5. The Kier molecular flexibility index (Phi) is 8.70. The minimum Gasteiger partial charge on any atom is -0.256 e. The largest absolute Gasteiger partial charge is 0.256 e. The zero-order valence-corrected chi connectivity index (χ0v) is 19.9. The van der Waals surface area contributed by atoms with Gasteiger partial charge in [-0.1, -0.05) is 76.8 Å². The van der Waals surface area contributed by atoms with Crippen LogP contribution in [0.5, 0.6) is 0 Å². The van der Waals surface area contributed by atoms with E-state index in [0.29, 0.717) is 11.8 Å². The molecule has 0 bridgehead atoms. The highest BCUT2D eigenvalue weighted by Crippen LogP contribution is 2.46. The first-order chi connectivity index (χ1) is 15.1. The summed E-state index contributed by atoms with van der Waals surface area (Å²) in [5.41, 5.74) is 4.93. The second-order valence-electron chi connectivity index (χ2n) is 9.87. The first-order valence-electron chi connectivity index (χ1n) is 12.6. The first-order valence-corrected chi connectivity index (χ1v) is 12.6. The van der Waals surface area contributed by atoms with Crippen LogP contribution in [-0.2, 0) is 6.42 Å². The highest BCUT2D eigenvalue weighted by Gasteiger charge is 2.36. The zero-order chi connectivity index (χ0) is 22.1. The van der Waals surface area contributed by atoms with Gasteiger partial charge in [-0.2, -0.15) is 5.26 Å². The maximum absolute atomic E-state index is 9.84. The number of aryl methyl sites for hydroxylation is 1. The molecule has 1 aromatic carbocycles. The summed E-state index contributed by atoms with van der Waals surface area (Å²) >= 11 is 0. The zero-order valence-electron chi connectivity index (χ0n) is 19.9. The summed E-state index contributed by atoms with van der Waals surface area (Å²) in [6.45, 7) is 6.78. The maximum atomic E-state index is 9.84. The van der Waals surface area contributed by atoms with Crippen molar-refractivity contribution in [2.75, 3.05) is 0 Å². The molecule has 0 aliphatic heterocycles. The predicted octanol–water partition coefficient (Wildman–Crippen LogP) is 8.48. The lowest BCUT2D eigenvalue weighted by molar-refractivity contribution is 0.198. The Morgan fingerprint density at radius 2 is 1.77 bits per heavy atom. The number of hydrogen-bond donors (Lipinski definition) is 0. The lowest BCUT2D eigenvalue weighted by Crippen LogP contribution is -2.27. The van der Waals surface area contributed by atoms with Crippen LogP contribution in [0.3, 0.4) is 0 Å². The Hall–Kier alpha value is -2.14. The van der Waals surface area contributed by atoms with Crippen molar-refractivity contribution in [1.82, 2.24) is 4.98 Å². The van der Waals surface area contributed by atoms with Gasteiger partial charge in [-0.25, -0.2) is 0 Å². The SMILES string of the molecule is CCCCCCc1ccc(-c2ccc([C@H]3CC[C@](C#N)(CC(C)CC)CC3)cc2)nc1. The van der Waals surface area contributed by atoms with Gasteiger partial charge in [0.05, 0.1) is 17.2 Å². The number of nitriles is 1. The number of pyridine rings is 1. The van der Waals surface area contributed by atoms with Gasteiger partial charge in [-0.05, 0) is 74.0 Å². The molecule has 2 heteroatoms. The summed E-state index contributed by atoms with van der Waals surface area (Å²) < 4.78 is 0. The molecule has 3 rings (SSSR count). The molecule has 1 unspecified atom stereocenters. The van der Waals surface area contributed by atoms with Gasteiger partial charge in [0.15, 0.2) is 0 Å². The van der Waals surface area contributed by atoms with Crippen molar-refractivity contribution in [3.05, 3.63) is 53.7 Å². The van der Waals surface area contributed by atoms with Crippen molar-refractivity contribution in [1.29, 1.82) is 5.26 Å². The average Bonchev–Trinajstić information content (AvgIpc) is 2.83. The van der Waals surface area contributed by atoms with E-state index in [-0.39, 0.29) is 5.41 Å². The van der Waals surface area contributed by atoms with Crippen LogP contribution < -0.4 is 0 Å². The monoisotopic (exact) mass is 416 g/mol. The molecule has 0 saturated heterocycles. The van der Waals surface area contributed by atoms with Crippen molar-refractivity contribution in [2.24, 2.45) is 11.3 Å². The molecule has 1 atom stereocenters. The Morgan fingerprint density at radius 3 is 2.35 bits per heavy atom.